The summed E-state index contributed by atoms with van der Waals surface area (Å²) < 4.78 is 38.4. The number of nitrogens with zero attached hydrogens (tertiary/aromatic N) is 1. The molecule has 2 bridgehead atoms. The largest absolute Gasteiger partial charge is 0.416 e. The first-order valence-corrected chi connectivity index (χ1v) is 7.59. The Morgan fingerprint density at radius 2 is 1.95 bits per heavy atom. The topological polar surface area (TPSA) is 15.3 Å². The van der Waals surface area contributed by atoms with Crippen molar-refractivity contribution < 1.29 is 13.2 Å². The second-order valence-corrected chi connectivity index (χ2v) is 6.26. The van der Waals surface area contributed by atoms with Crippen LogP contribution in [0.2, 0.25) is 0 Å². The molecule has 0 spiro atoms. The first-order valence-electron chi connectivity index (χ1n) is 7.59. The van der Waals surface area contributed by atoms with Crippen molar-refractivity contribution in [2.75, 3.05) is 19.6 Å². The monoisotopic (exact) mass is 298 g/mol. The fourth-order valence-electron chi connectivity index (χ4n) is 3.56. The average Bonchev–Trinajstić information content (AvgIpc) is 2.48. The number of halogens is 3. The van der Waals surface area contributed by atoms with E-state index < -0.39 is 11.7 Å². The maximum atomic E-state index is 12.8. The lowest BCUT2D eigenvalue weighted by atomic mass is 9.83. The molecule has 0 aromatic heterocycles. The van der Waals surface area contributed by atoms with E-state index in [2.05, 4.69) is 10.2 Å². The summed E-state index contributed by atoms with van der Waals surface area (Å²) >= 11 is 0. The summed E-state index contributed by atoms with van der Waals surface area (Å²) in [6, 6.07) is 6.00. The summed E-state index contributed by atoms with van der Waals surface area (Å²) in [5, 5.41) is 3.54. The molecule has 2 atom stereocenters. The van der Waals surface area contributed by atoms with E-state index >= 15 is 0 Å². The van der Waals surface area contributed by atoms with Gasteiger partial charge in [0.2, 0.25) is 0 Å². The lowest BCUT2D eigenvalue weighted by Gasteiger charge is -2.46. The standard InChI is InChI=1S/C16H21F3N2/c1-11(13-3-2-4-14(9-13)16(17,18)19)20-15-10-21-7-5-12(15)6-8-21/h2-4,9,11-12,15,20H,5-8,10H2,1H3. The second-order valence-electron chi connectivity index (χ2n) is 6.26. The minimum Gasteiger partial charge on any atom is -0.306 e. The second kappa shape index (κ2) is 5.61. The number of alkyl halides is 3. The van der Waals surface area contributed by atoms with E-state index in [9.17, 15) is 13.2 Å². The van der Waals surface area contributed by atoms with Gasteiger partial charge >= 0.3 is 6.18 Å². The molecule has 0 aliphatic carbocycles. The van der Waals surface area contributed by atoms with Gasteiger partial charge in [0.25, 0.3) is 0 Å². The van der Waals surface area contributed by atoms with Crippen LogP contribution in [0.25, 0.3) is 0 Å². The Bertz CT molecular complexity index is 493. The van der Waals surface area contributed by atoms with Crippen molar-refractivity contribution in [3.63, 3.8) is 0 Å². The molecular weight excluding hydrogens is 277 g/mol. The maximum Gasteiger partial charge on any atom is 0.416 e. The van der Waals surface area contributed by atoms with Crippen molar-refractivity contribution in [1.82, 2.24) is 10.2 Å². The van der Waals surface area contributed by atoms with Crippen LogP contribution in [0.4, 0.5) is 13.2 Å². The molecule has 1 aromatic carbocycles. The SMILES string of the molecule is CC(NC1CN2CCC1CC2)c1cccc(C(F)(F)F)c1. The summed E-state index contributed by atoms with van der Waals surface area (Å²) in [6.07, 6.45) is -1.87. The summed E-state index contributed by atoms with van der Waals surface area (Å²) in [5.74, 6) is 0.670. The normalized spacial score (nSPS) is 30.4. The highest BCUT2D eigenvalue weighted by Gasteiger charge is 2.35. The van der Waals surface area contributed by atoms with Crippen molar-refractivity contribution in [2.24, 2.45) is 5.92 Å². The molecule has 3 aliphatic rings. The molecule has 2 nitrogen and oxygen atoms in total. The Hall–Kier alpha value is -1.07. The number of rotatable bonds is 3. The first kappa shape index (κ1) is 14.9. The van der Waals surface area contributed by atoms with E-state index in [4.69, 9.17) is 0 Å². The van der Waals surface area contributed by atoms with E-state index in [0.29, 0.717) is 17.5 Å². The van der Waals surface area contributed by atoms with E-state index in [0.717, 1.165) is 12.6 Å². The molecule has 5 heteroatoms. The van der Waals surface area contributed by atoms with Crippen LogP contribution in [0.5, 0.6) is 0 Å². The van der Waals surface area contributed by atoms with Gasteiger partial charge in [-0.15, -0.1) is 0 Å². The number of benzene rings is 1. The quantitative estimate of drug-likeness (QED) is 0.919. The molecular formula is C16H21F3N2. The van der Waals surface area contributed by atoms with Crippen LogP contribution in [0.15, 0.2) is 24.3 Å². The number of fused-ring (bicyclic) bond motifs is 3. The smallest absolute Gasteiger partial charge is 0.306 e. The Kier molecular flexibility index (Phi) is 3.97. The van der Waals surface area contributed by atoms with Gasteiger partial charge in [0.1, 0.15) is 0 Å². The van der Waals surface area contributed by atoms with E-state index in [-0.39, 0.29) is 6.04 Å². The number of piperidine rings is 3. The maximum absolute atomic E-state index is 12.8. The van der Waals surface area contributed by atoms with Gasteiger partial charge in [-0.3, -0.25) is 0 Å². The van der Waals surface area contributed by atoms with Gasteiger partial charge < -0.3 is 10.2 Å². The van der Waals surface area contributed by atoms with E-state index in [1.807, 2.05) is 6.92 Å². The van der Waals surface area contributed by atoms with Gasteiger partial charge in [-0.05, 0) is 56.5 Å². The summed E-state index contributed by atoms with van der Waals surface area (Å²) in [5.41, 5.74) is 0.142. The number of hydrogen-bond donors (Lipinski definition) is 1. The molecule has 0 amide bonds. The fourth-order valence-corrected chi connectivity index (χ4v) is 3.56. The van der Waals surface area contributed by atoms with Gasteiger partial charge in [0, 0.05) is 18.6 Å². The fraction of sp³-hybridized carbons (Fsp3) is 0.625. The molecule has 21 heavy (non-hydrogen) atoms. The van der Waals surface area contributed by atoms with Crippen LogP contribution >= 0.6 is 0 Å². The van der Waals surface area contributed by atoms with Crippen LogP contribution in [0.1, 0.15) is 36.9 Å². The molecule has 3 heterocycles. The van der Waals surface area contributed by atoms with Crippen LogP contribution in [-0.4, -0.2) is 30.6 Å². The third kappa shape index (κ3) is 3.24. The average molecular weight is 298 g/mol. The molecule has 0 radical (unpaired) electrons. The molecule has 1 aromatic rings. The van der Waals surface area contributed by atoms with Gasteiger partial charge in [-0.25, -0.2) is 0 Å². The first-order chi connectivity index (χ1) is 9.93. The summed E-state index contributed by atoms with van der Waals surface area (Å²) in [6.45, 7) is 5.31. The molecule has 1 N–H and O–H groups in total. The van der Waals surface area contributed by atoms with Crippen LogP contribution in [-0.2, 0) is 6.18 Å². The van der Waals surface area contributed by atoms with E-state index in [1.54, 1.807) is 6.07 Å². The Morgan fingerprint density at radius 3 is 2.52 bits per heavy atom. The van der Waals surface area contributed by atoms with Crippen LogP contribution in [0.3, 0.4) is 0 Å². The molecule has 3 aliphatic heterocycles. The van der Waals surface area contributed by atoms with Gasteiger partial charge in [-0.2, -0.15) is 13.2 Å². The van der Waals surface area contributed by atoms with Crippen molar-refractivity contribution in [1.29, 1.82) is 0 Å². The molecule has 116 valence electrons. The predicted molar refractivity (Wildman–Crippen MR) is 75.9 cm³/mol. The third-order valence-electron chi connectivity index (χ3n) is 4.83. The summed E-state index contributed by atoms with van der Waals surface area (Å²) in [7, 11) is 0. The Morgan fingerprint density at radius 1 is 1.24 bits per heavy atom. The van der Waals surface area contributed by atoms with Crippen molar-refractivity contribution in [3.05, 3.63) is 35.4 Å². The summed E-state index contributed by atoms with van der Waals surface area (Å²) in [4.78, 5) is 2.44. The van der Waals surface area contributed by atoms with Gasteiger partial charge in [0.15, 0.2) is 0 Å². The molecule has 2 unspecified atom stereocenters. The van der Waals surface area contributed by atoms with E-state index in [1.165, 1.54) is 38.1 Å². The number of hydrogen-bond acceptors (Lipinski definition) is 2. The Balaban J connectivity index is 1.69. The molecule has 3 fully saturated rings. The molecule has 3 saturated heterocycles. The minimum atomic E-state index is -4.27. The molecule has 4 rings (SSSR count). The lowest BCUT2D eigenvalue weighted by molar-refractivity contribution is -0.137. The third-order valence-corrected chi connectivity index (χ3v) is 4.83. The zero-order valence-electron chi connectivity index (χ0n) is 12.2. The van der Waals surface area contributed by atoms with Crippen molar-refractivity contribution >= 4 is 0 Å². The van der Waals surface area contributed by atoms with Crippen molar-refractivity contribution in [2.45, 2.75) is 38.0 Å². The van der Waals surface area contributed by atoms with Crippen LogP contribution < -0.4 is 5.32 Å². The van der Waals surface area contributed by atoms with Crippen LogP contribution in [0, 0.1) is 5.92 Å². The highest BCUT2D eigenvalue weighted by Crippen LogP contribution is 2.32. The number of nitrogens with one attached hydrogen (secondary N) is 1. The van der Waals surface area contributed by atoms with Gasteiger partial charge in [0.05, 0.1) is 5.56 Å². The molecule has 0 saturated carbocycles. The highest BCUT2D eigenvalue weighted by molar-refractivity contribution is 5.27. The lowest BCUT2D eigenvalue weighted by Crippen LogP contribution is -2.56. The zero-order valence-corrected chi connectivity index (χ0v) is 12.2. The highest BCUT2D eigenvalue weighted by atomic mass is 19.4. The van der Waals surface area contributed by atoms with Gasteiger partial charge in [-0.1, -0.05) is 12.1 Å². The minimum absolute atomic E-state index is 0.0575. The predicted octanol–water partition coefficient (Wildman–Crippen LogP) is 3.45. The zero-order chi connectivity index (χ0) is 15.0. The Labute approximate surface area is 123 Å². The van der Waals surface area contributed by atoms with Crippen molar-refractivity contribution in [3.8, 4) is 0 Å².